The van der Waals surface area contributed by atoms with Crippen molar-refractivity contribution in [3.05, 3.63) is 0 Å². The summed E-state index contributed by atoms with van der Waals surface area (Å²) in [6, 6.07) is 0. The van der Waals surface area contributed by atoms with Crippen molar-refractivity contribution in [1.29, 1.82) is 5.53 Å². The Morgan fingerprint density at radius 1 is 0.600 bits per heavy atom. The lowest BCUT2D eigenvalue weighted by Gasteiger charge is -2.07. The summed E-state index contributed by atoms with van der Waals surface area (Å²) in [6.07, 6.45) is 0. The largest absolute Gasteiger partial charge is 0.394 e. The van der Waals surface area contributed by atoms with Crippen LogP contribution in [-0.4, -0.2) is 84.3 Å². The molecule has 0 heterocycles. The van der Waals surface area contributed by atoms with Crippen molar-refractivity contribution in [2.45, 2.75) is 0 Å². The van der Waals surface area contributed by atoms with E-state index in [9.17, 15) is 0 Å². The molecule has 0 fully saturated rings. The summed E-state index contributed by atoms with van der Waals surface area (Å²) < 4.78 is 26.0. The second-order valence-electron chi connectivity index (χ2n) is 3.67. The molecule has 0 aromatic carbocycles. The fourth-order valence-corrected chi connectivity index (χ4v) is 1.16. The maximum absolute atomic E-state index is 8.46. The van der Waals surface area contributed by atoms with E-state index in [-0.39, 0.29) is 6.61 Å². The van der Waals surface area contributed by atoms with E-state index in [2.05, 4.69) is 5.11 Å². The van der Waals surface area contributed by atoms with Gasteiger partial charge >= 0.3 is 0 Å². The van der Waals surface area contributed by atoms with Crippen LogP contribution >= 0.6 is 0 Å². The molecule has 0 saturated heterocycles. The Bertz CT molecular complexity index is 197. The van der Waals surface area contributed by atoms with Crippen LogP contribution < -0.4 is 0 Å². The Morgan fingerprint density at radius 3 is 1.30 bits per heavy atom. The predicted molar refractivity (Wildman–Crippen MR) is 71.2 cm³/mol. The van der Waals surface area contributed by atoms with Gasteiger partial charge in [-0.05, 0) is 0 Å². The molecule has 0 atom stereocenters. The molecular formula is C12H26N2O6. The zero-order valence-electron chi connectivity index (χ0n) is 11.9. The highest BCUT2D eigenvalue weighted by molar-refractivity contribution is 4.37. The molecule has 0 unspecified atom stereocenters. The molecule has 0 amide bonds. The summed E-state index contributed by atoms with van der Waals surface area (Å²) in [5.41, 5.74) is 6.56. The monoisotopic (exact) mass is 294 g/mol. The summed E-state index contributed by atoms with van der Waals surface area (Å²) in [7, 11) is 0. The number of hydrogen-bond donors (Lipinski definition) is 2. The zero-order valence-corrected chi connectivity index (χ0v) is 11.9. The molecule has 0 aliphatic heterocycles. The van der Waals surface area contributed by atoms with Crippen LogP contribution in [0.25, 0.3) is 0 Å². The molecule has 8 nitrogen and oxygen atoms in total. The first-order valence-electron chi connectivity index (χ1n) is 6.74. The molecule has 20 heavy (non-hydrogen) atoms. The standard InChI is InChI=1S/C12H26N2O6/c13-14-1-3-16-5-7-18-9-11-20-12-10-19-8-6-17-4-2-15/h13,15H,1-12H2. The third-order valence-corrected chi connectivity index (χ3v) is 2.07. The van der Waals surface area contributed by atoms with Crippen LogP contribution in [0.3, 0.4) is 0 Å². The first kappa shape index (κ1) is 19.4. The average molecular weight is 294 g/mol. The quantitative estimate of drug-likeness (QED) is 0.291. The van der Waals surface area contributed by atoms with Gasteiger partial charge in [0.1, 0.15) is 0 Å². The van der Waals surface area contributed by atoms with Crippen molar-refractivity contribution in [3.8, 4) is 0 Å². The Labute approximate surface area is 119 Å². The van der Waals surface area contributed by atoms with Crippen LogP contribution in [0.2, 0.25) is 0 Å². The molecule has 0 aromatic heterocycles. The van der Waals surface area contributed by atoms with Crippen molar-refractivity contribution in [1.82, 2.24) is 0 Å². The SMILES string of the molecule is N=NCCOCCOCCOCCOCCOCCO. The zero-order chi connectivity index (χ0) is 14.7. The molecular weight excluding hydrogens is 268 g/mol. The summed E-state index contributed by atoms with van der Waals surface area (Å²) in [4.78, 5) is 0. The summed E-state index contributed by atoms with van der Waals surface area (Å²) >= 11 is 0. The summed E-state index contributed by atoms with van der Waals surface area (Å²) in [6.45, 7) is 5.32. The van der Waals surface area contributed by atoms with Crippen LogP contribution in [0.15, 0.2) is 5.11 Å². The number of ether oxygens (including phenoxy) is 5. The van der Waals surface area contributed by atoms with Crippen LogP contribution in [-0.2, 0) is 23.7 Å². The first-order valence-corrected chi connectivity index (χ1v) is 6.74. The van der Waals surface area contributed by atoms with Gasteiger partial charge in [0.15, 0.2) is 0 Å². The third-order valence-electron chi connectivity index (χ3n) is 2.07. The Hall–Kier alpha value is -0.640. The molecule has 0 spiro atoms. The van der Waals surface area contributed by atoms with E-state index in [1.54, 1.807) is 0 Å². The normalized spacial score (nSPS) is 10.8. The van der Waals surface area contributed by atoms with Crippen molar-refractivity contribution >= 4 is 0 Å². The molecule has 2 N–H and O–H groups in total. The highest BCUT2D eigenvalue weighted by Gasteiger charge is 1.93. The highest BCUT2D eigenvalue weighted by atomic mass is 16.6. The van der Waals surface area contributed by atoms with E-state index < -0.39 is 0 Å². The van der Waals surface area contributed by atoms with Gasteiger partial charge in [-0.1, -0.05) is 0 Å². The van der Waals surface area contributed by atoms with E-state index in [0.29, 0.717) is 72.6 Å². The molecule has 120 valence electrons. The van der Waals surface area contributed by atoms with Crippen LogP contribution in [0.4, 0.5) is 0 Å². The summed E-state index contributed by atoms with van der Waals surface area (Å²) in [5.74, 6) is 0. The molecule has 0 aliphatic rings. The van der Waals surface area contributed by atoms with Gasteiger partial charge in [0.25, 0.3) is 0 Å². The van der Waals surface area contributed by atoms with Gasteiger partial charge in [-0.15, -0.1) is 0 Å². The first-order chi connectivity index (χ1) is 9.91. The Balaban J connectivity index is 2.90. The van der Waals surface area contributed by atoms with Gasteiger partial charge in [-0.2, -0.15) is 5.11 Å². The van der Waals surface area contributed by atoms with Crippen LogP contribution in [0, 0.1) is 5.53 Å². The number of rotatable bonds is 17. The maximum Gasteiger partial charge on any atom is 0.0830 e. The third kappa shape index (κ3) is 17.4. The van der Waals surface area contributed by atoms with Crippen molar-refractivity contribution < 1.29 is 28.8 Å². The molecule has 0 rings (SSSR count). The average Bonchev–Trinajstić information content (AvgIpc) is 2.47. The summed E-state index contributed by atoms with van der Waals surface area (Å²) in [5, 5.41) is 11.6. The van der Waals surface area contributed by atoms with E-state index in [0.717, 1.165) is 0 Å². The molecule has 0 aliphatic carbocycles. The van der Waals surface area contributed by atoms with Crippen molar-refractivity contribution in [3.63, 3.8) is 0 Å². The van der Waals surface area contributed by atoms with Gasteiger partial charge in [-0.3, -0.25) is 0 Å². The minimum Gasteiger partial charge on any atom is -0.394 e. The van der Waals surface area contributed by atoms with Gasteiger partial charge < -0.3 is 28.8 Å². The Kier molecular flexibility index (Phi) is 17.8. The lowest BCUT2D eigenvalue weighted by molar-refractivity contribution is -0.0128. The van der Waals surface area contributed by atoms with E-state index in [1.807, 2.05) is 0 Å². The number of nitrogens with zero attached hydrogens (tertiary/aromatic N) is 1. The molecule has 0 bridgehead atoms. The highest BCUT2D eigenvalue weighted by Crippen LogP contribution is 1.83. The van der Waals surface area contributed by atoms with E-state index in [4.69, 9.17) is 34.3 Å². The topological polar surface area (TPSA) is 103 Å². The van der Waals surface area contributed by atoms with Gasteiger partial charge in [-0.25, -0.2) is 5.53 Å². The lowest BCUT2D eigenvalue weighted by atomic mass is 10.6. The van der Waals surface area contributed by atoms with Gasteiger partial charge in [0, 0.05) is 0 Å². The maximum atomic E-state index is 8.46. The molecule has 0 saturated carbocycles. The van der Waals surface area contributed by atoms with Crippen molar-refractivity contribution in [2.75, 3.05) is 79.2 Å². The minimum absolute atomic E-state index is 0.0354. The predicted octanol–water partition coefficient (Wildman–Crippen LogP) is 0.0927. The fourth-order valence-electron chi connectivity index (χ4n) is 1.16. The number of aliphatic hydroxyl groups is 1. The molecule has 0 aromatic rings. The number of nitrogens with one attached hydrogen (secondary N) is 1. The van der Waals surface area contributed by atoms with Gasteiger partial charge in [0.2, 0.25) is 0 Å². The van der Waals surface area contributed by atoms with E-state index >= 15 is 0 Å². The number of hydrogen-bond acceptors (Lipinski definition) is 8. The van der Waals surface area contributed by atoms with Crippen molar-refractivity contribution in [2.24, 2.45) is 5.11 Å². The van der Waals surface area contributed by atoms with Crippen LogP contribution in [0.5, 0.6) is 0 Å². The molecule has 0 radical (unpaired) electrons. The Morgan fingerprint density at radius 2 is 0.950 bits per heavy atom. The smallest absolute Gasteiger partial charge is 0.0830 e. The second kappa shape index (κ2) is 18.4. The fraction of sp³-hybridized carbons (Fsp3) is 1.00. The minimum atomic E-state index is 0.0354. The number of aliphatic hydroxyl groups excluding tert-OH is 1. The van der Waals surface area contributed by atoms with Crippen LogP contribution in [0.1, 0.15) is 0 Å². The van der Waals surface area contributed by atoms with E-state index in [1.165, 1.54) is 0 Å². The lowest BCUT2D eigenvalue weighted by Crippen LogP contribution is -2.13. The second-order valence-corrected chi connectivity index (χ2v) is 3.67. The molecule has 8 heteroatoms. The van der Waals surface area contributed by atoms with Gasteiger partial charge in [0.05, 0.1) is 79.2 Å².